The fraction of sp³-hybridized carbons (Fsp3) is 0.200. The van der Waals surface area contributed by atoms with E-state index in [-0.39, 0.29) is 18.5 Å². The molecule has 6 heteroatoms. The van der Waals surface area contributed by atoms with Crippen LogP contribution in [0.3, 0.4) is 0 Å². The first kappa shape index (κ1) is 14.1. The molecular weight excluding hydrogens is 344 g/mol. The van der Waals surface area contributed by atoms with E-state index in [1.54, 1.807) is 12.1 Å². The zero-order valence-electron chi connectivity index (χ0n) is 11.1. The van der Waals surface area contributed by atoms with Gasteiger partial charge in [0.05, 0.1) is 0 Å². The first-order valence-electron chi connectivity index (χ1n) is 6.35. The summed E-state index contributed by atoms with van der Waals surface area (Å²) >= 11 is 3.05. The Bertz CT molecular complexity index is 670. The Labute approximate surface area is 129 Å². The summed E-state index contributed by atoms with van der Waals surface area (Å²) in [4.78, 5) is 0. The van der Waals surface area contributed by atoms with Gasteiger partial charge in [-0.1, -0.05) is 22.0 Å². The van der Waals surface area contributed by atoms with Crippen LogP contribution in [0.2, 0.25) is 0 Å². The molecule has 1 heterocycles. The van der Waals surface area contributed by atoms with E-state index in [2.05, 4.69) is 21.2 Å². The minimum Gasteiger partial charge on any atom is -0.454 e. The lowest BCUT2D eigenvalue weighted by Crippen LogP contribution is -2.09. The third kappa shape index (κ3) is 2.81. The molecule has 1 aliphatic heterocycles. The molecule has 3 nitrogen and oxygen atoms in total. The lowest BCUT2D eigenvalue weighted by molar-refractivity contribution is 0.174. The molecule has 3 rings (SSSR count). The van der Waals surface area contributed by atoms with Crippen LogP contribution in [-0.2, 0) is 0 Å². The normalized spacial score (nSPS) is 14.1. The van der Waals surface area contributed by atoms with Crippen LogP contribution in [0.1, 0.15) is 18.5 Å². The second kappa shape index (κ2) is 5.52. The zero-order chi connectivity index (χ0) is 15.0. The maximum atomic E-state index is 13.8. The van der Waals surface area contributed by atoms with E-state index in [0.29, 0.717) is 16.0 Å². The van der Waals surface area contributed by atoms with E-state index < -0.39 is 11.6 Å². The number of benzene rings is 2. The van der Waals surface area contributed by atoms with E-state index in [9.17, 15) is 8.78 Å². The summed E-state index contributed by atoms with van der Waals surface area (Å²) in [5.41, 5.74) is 0.698. The van der Waals surface area contributed by atoms with Crippen molar-refractivity contribution in [3.8, 4) is 11.5 Å². The summed E-state index contributed by atoms with van der Waals surface area (Å²) in [5.74, 6) is 0.0220. The van der Waals surface area contributed by atoms with Crippen LogP contribution >= 0.6 is 15.9 Å². The van der Waals surface area contributed by atoms with Gasteiger partial charge >= 0.3 is 0 Å². The summed E-state index contributed by atoms with van der Waals surface area (Å²) in [7, 11) is 0. The lowest BCUT2D eigenvalue weighted by atomic mass is 10.1. The van der Waals surface area contributed by atoms with Crippen LogP contribution in [-0.4, -0.2) is 6.79 Å². The van der Waals surface area contributed by atoms with Crippen molar-refractivity contribution in [3.05, 3.63) is 52.0 Å². The lowest BCUT2D eigenvalue weighted by Gasteiger charge is -2.17. The predicted molar refractivity (Wildman–Crippen MR) is 78.7 cm³/mol. The molecule has 0 saturated carbocycles. The fourth-order valence-electron chi connectivity index (χ4n) is 2.16. The average Bonchev–Trinajstić information content (AvgIpc) is 2.89. The van der Waals surface area contributed by atoms with Gasteiger partial charge in [-0.25, -0.2) is 8.78 Å². The highest BCUT2D eigenvalue weighted by molar-refractivity contribution is 9.10. The Hall–Kier alpha value is -1.82. The predicted octanol–water partition coefficient (Wildman–Crippen LogP) is 4.63. The Morgan fingerprint density at radius 3 is 2.48 bits per heavy atom. The smallest absolute Gasteiger partial charge is 0.231 e. The first-order chi connectivity index (χ1) is 10.0. The van der Waals surface area contributed by atoms with Crippen molar-refractivity contribution in [3.63, 3.8) is 0 Å². The van der Waals surface area contributed by atoms with Gasteiger partial charge in [-0.3, -0.25) is 0 Å². The molecule has 0 spiro atoms. The van der Waals surface area contributed by atoms with Gasteiger partial charge < -0.3 is 14.8 Å². The van der Waals surface area contributed by atoms with Crippen LogP contribution < -0.4 is 14.8 Å². The number of ether oxygens (including phenoxy) is 2. The highest BCUT2D eigenvalue weighted by Gasteiger charge is 2.18. The van der Waals surface area contributed by atoms with E-state index in [0.717, 1.165) is 5.56 Å². The second-order valence-electron chi connectivity index (χ2n) is 4.72. The number of anilines is 1. The highest BCUT2D eigenvalue weighted by atomic mass is 79.9. The molecule has 2 aromatic carbocycles. The van der Waals surface area contributed by atoms with Gasteiger partial charge in [0.15, 0.2) is 11.5 Å². The van der Waals surface area contributed by atoms with Crippen molar-refractivity contribution in [1.29, 1.82) is 0 Å². The van der Waals surface area contributed by atoms with Crippen molar-refractivity contribution < 1.29 is 18.3 Å². The summed E-state index contributed by atoms with van der Waals surface area (Å²) < 4.78 is 38.6. The molecule has 1 unspecified atom stereocenters. The minimum atomic E-state index is -0.644. The van der Waals surface area contributed by atoms with Gasteiger partial charge in [0.1, 0.15) is 17.3 Å². The summed E-state index contributed by atoms with van der Waals surface area (Å²) in [6, 6.07) is 7.57. The number of rotatable bonds is 3. The van der Waals surface area contributed by atoms with Crippen LogP contribution in [0, 0.1) is 11.6 Å². The van der Waals surface area contributed by atoms with Crippen LogP contribution in [0.5, 0.6) is 11.5 Å². The van der Waals surface area contributed by atoms with Gasteiger partial charge in [-0.15, -0.1) is 0 Å². The largest absolute Gasteiger partial charge is 0.454 e. The molecule has 21 heavy (non-hydrogen) atoms. The minimum absolute atomic E-state index is 0.150. The molecule has 0 aromatic heterocycles. The molecule has 1 N–H and O–H groups in total. The SMILES string of the molecule is CC(Nc1c(F)cc(Br)cc1F)c1ccc2c(c1)OCO2. The first-order valence-corrected chi connectivity index (χ1v) is 7.14. The summed E-state index contributed by atoms with van der Waals surface area (Å²) in [5, 5.41) is 2.85. The number of fused-ring (bicyclic) bond motifs is 1. The summed E-state index contributed by atoms with van der Waals surface area (Å²) in [6.45, 7) is 2.01. The molecule has 0 bridgehead atoms. The van der Waals surface area contributed by atoms with Crippen molar-refractivity contribution >= 4 is 21.6 Å². The monoisotopic (exact) mass is 355 g/mol. The van der Waals surface area contributed by atoms with Crippen LogP contribution in [0.15, 0.2) is 34.8 Å². The Morgan fingerprint density at radius 1 is 1.10 bits per heavy atom. The van der Waals surface area contributed by atoms with Gasteiger partial charge in [-0.2, -0.15) is 0 Å². The average molecular weight is 356 g/mol. The van der Waals surface area contributed by atoms with Crippen LogP contribution in [0.4, 0.5) is 14.5 Å². The molecule has 0 fully saturated rings. The molecule has 0 saturated heterocycles. The van der Waals surface area contributed by atoms with Crippen molar-refractivity contribution in [2.24, 2.45) is 0 Å². The number of nitrogens with one attached hydrogen (secondary N) is 1. The molecule has 0 radical (unpaired) electrons. The van der Waals surface area contributed by atoms with Gasteiger partial charge in [-0.05, 0) is 36.8 Å². The maximum absolute atomic E-state index is 13.8. The Morgan fingerprint density at radius 2 is 1.76 bits per heavy atom. The Balaban J connectivity index is 1.85. The van der Waals surface area contributed by atoms with E-state index in [4.69, 9.17) is 9.47 Å². The molecule has 1 aliphatic rings. The van der Waals surface area contributed by atoms with Crippen molar-refractivity contribution in [2.75, 3.05) is 12.1 Å². The third-order valence-electron chi connectivity index (χ3n) is 3.26. The van der Waals surface area contributed by atoms with Gasteiger partial charge in [0, 0.05) is 10.5 Å². The molecular formula is C15H12BrF2NO2. The van der Waals surface area contributed by atoms with Crippen molar-refractivity contribution in [2.45, 2.75) is 13.0 Å². The number of hydrogen-bond donors (Lipinski definition) is 1. The highest BCUT2D eigenvalue weighted by Crippen LogP contribution is 2.35. The topological polar surface area (TPSA) is 30.5 Å². The summed E-state index contributed by atoms with van der Waals surface area (Å²) in [6.07, 6.45) is 0. The van der Waals surface area contributed by atoms with E-state index in [1.165, 1.54) is 12.1 Å². The molecule has 0 amide bonds. The number of hydrogen-bond acceptors (Lipinski definition) is 3. The number of halogens is 3. The van der Waals surface area contributed by atoms with Crippen molar-refractivity contribution in [1.82, 2.24) is 0 Å². The zero-order valence-corrected chi connectivity index (χ0v) is 12.7. The third-order valence-corrected chi connectivity index (χ3v) is 3.72. The van der Waals surface area contributed by atoms with Crippen LogP contribution in [0.25, 0.3) is 0 Å². The molecule has 0 aliphatic carbocycles. The fourth-order valence-corrected chi connectivity index (χ4v) is 2.56. The van der Waals surface area contributed by atoms with E-state index >= 15 is 0 Å². The van der Waals surface area contributed by atoms with E-state index in [1.807, 2.05) is 13.0 Å². The molecule has 110 valence electrons. The molecule has 2 aromatic rings. The second-order valence-corrected chi connectivity index (χ2v) is 5.64. The maximum Gasteiger partial charge on any atom is 0.231 e. The van der Waals surface area contributed by atoms with Gasteiger partial charge in [0.2, 0.25) is 6.79 Å². The quantitative estimate of drug-likeness (QED) is 0.870. The Kier molecular flexibility index (Phi) is 3.71. The molecule has 1 atom stereocenters. The standard InChI is InChI=1S/C15H12BrF2NO2/c1-8(9-2-3-13-14(4-9)21-7-20-13)19-15-11(17)5-10(16)6-12(15)18/h2-6,8,19H,7H2,1H3. The van der Waals surface area contributed by atoms with Gasteiger partial charge in [0.25, 0.3) is 0 Å².